The number of nitrogens with one attached hydrogen (secondary N) is 1. The van der Waals surface area contributed by atoms with E-state index < -0.39 is 5.60 Å². The average molecular weight is 324 g/mol. The molecule has 2 aromatic rings. The van der Waals surface area contributed by atoms with Crippen LogP contribution in [0.2, 0.25) is 0 Å². The van der Waals surface area contributed by atoms with Crippen molar-refractivity contribution in [3.63, 3.8) is 0 Å². The molecule has 0 bridgehead atoms. The zero-order valence-electron chi connectivity index (χ0n) is 13.3. The van der Waals surface area contributed by atoms with Gasteiger partial charge >= 0.3 is 0 Å². The van der Waals surface area contributed by atoms with Gasteiger partial charge in [0.15, 0.2) is 5.60 Å². The van der Waals surface area contributed by atoms with Crippen LogP contribution in [0, 0.1) is 11.3 Å². The molecule has 122 valence electrons. The van der Waals surface area contributed by atoms with Crippen LogP contribution in [0.5, 0.6) is 11.5 Å². The molecule has 0 amide bonds. The Hall–Kier alpha value is -3.04. The van der Waals surface area contributed by atoms with E-state index in [2.05, 4.69) is 11.1 Å². The Morgan fingerprint density at radius 2 is 2.17 bits per heavy atom. The Bertz CT molecular complexity index is 894. The van der Waals surface area contributed by atoms with E-state index in [1.54, 1.807) is 37.5 Å². The number of rotatable bonds is 4. The Morgan fingerprint density at radius 3 is 2.88 bits per heavy atom. The summed E-state index contributed by atoms with van der Waals surface area (Å²) in [5.74, 6) is 1.51. The van der Waals surface area contributed by atoms with Gasteiger partial charge in [-0.3, -0.25) is 4.79 Å². The summed E-state index contributed by atoms with van der Waals surface area (Å²) in [6, 6.07) is 10.2. The number of aromatic amines is 1. The molecule has 0 spiro atoms. The highest BCUT2D eigenvalue weighted by Gasteiger charge is 2.32. The molecule has 1 unspecified atom stereocenters. The highest BCUT2D eigenvalue weighted by atomic mass is 16.5. The lowest BCUT2D eigenvalue weighted by Gasteiger charge is -2.33. The standard InChI is InChI=1S/C18H16N2O4/c1-18(11-22-2)9-16(23-13-5-6-20-17(21)8-13)14-7-12(10-19)3-4-15(14)24-18/h3-9H,11H2,1-2H3,(H,20,21). The van der Waals surface area contributed by atoms with Crippen LogP contribution in [0.15, 0.2) is 47.4 Å². The number of methoxy groups -OCH3 is 1. The van der Waals surface area contributed by atoms with Crippen LogP contribution in [0.4, 0.5) is 0 Å². The van der Waals surface area contributed by atoms with Crippen LogP contribution >= 0.6 is 0 Å². The smallest absolute Gasteiger partial charge is 0.251 e. The monoisotopic (exact) mass is 324 g/mol. The van der Waals surface area contributed by atoms with Gasteiger partial charge in [-0.15, -0.1) is 0 Å². The number of benzene rings is 1. The minimum atomic E-state index is -0.716. The minimum Gasteiger partial charge on any atom is -0.480 e. The van der Waals surface area contributed by atoms with Crippen molar-refractivity contribution < 1.29 is 14.2 Å². The number of aromatic nitrogens is 1. The number of pyridine rings is 1. The second-order valence-corrected chi connectivity index (χ2v) is 5.67. The summed E-state index contributed by atoms with van der Waals surface area (Å²) in [7, 11) is 1.59. The van der Waals surface area contributed by atoms with Gasteiger partial charge in [0.1, 0.15) is 17.3 Å². The molecule has 24 heavy (non-hydrogen) atoms. The predicted molar refractivity (Wildman–Crippen MR) is 87.7 cm³/mol. The van der Waals surface area contributed by atoms with Crippen LogP contribution in [0.1, 0.15) is 18.1 Å². The van der Waals surface area contributed by atoms with Crippen molar-refractivity contribution in [2.45, 2.75) is 12.5 Å². The summed E-state index contributed by atoms with van der Waals surface area (Å²) >= 11 is 0. The van der Waals surface area contributed by atoms with E-state index in [1.807, 2.05) is 6.92 Å². The second-order valence-electron chi connectivity index (χ2n) is 5.67. The van der Waals surface area contributed by atoms with Crippen molar-refractivity contribution in [1.29, 1.82) is 5.26 Å². The molecule has 0 radical (unpaired) electrons. The van der Waals surface area contributed by atoms with Crippen molar-refractivity contribution >= 4 is 5.76 Å². The van der Waals surface area contributed by atoms with Crippen molar-refractivity contribution in [3.05, 3.63) is 64.1 Å². The van der Waals surface area contributed by atoms with E-state index in [4.69, 9.17) is 19.5 Å². The zero-order valence-corrected chi connectivity index (χ0v) is 13.3. The Balaban J connectivity index is 2.07. The first-order chi connectivity index (χ1) is 11.5. The predicted octanol–water partition coefficient (Wildman–Crippen LogP) is 2.46. The number of hydrogen-bond donors (Lipinski definition) is 1. The van der Waals surface area contributed by atoms with Crippen LogP contribution in [-0.2, 0) is 4.74 Å². The van der Waals surface area contributed by atoms with Gasteiger partial charge in [-0.2, -0.15) is 5.26 Å². The first-order valence-corrected chi connectivity index (χ1v) is 7.35. The summed E-state index contributed by atoms with van der Waals surface area (Å²) < 4.78 is 17.1. The van der Waals surface area contributed by atoms with E-state index >= 15 is 0 Å². The average Bonchev–Trinajstić information content (AvgIpc) is 2.54. The first kappa shape index (κ1) is 15.8. The third-order valence-electron chi connectivity index (χ3n) is 3.56. The van der Waals surface area contributed by atoms with Gasteiger partial charge < -0.3 is 19.2 Å². The number of nitrogens with zero attached hydrogens (tertiary/aromatic N) is 1. The molecule has 2 heterocycles. The van der Waals surface area contributed by atoms with Crippen LogP contribution in [0.25, 0.3) is 5.76 Å². The summed E-state index contributed by atoms with van der Waals surface area (Å²) in [4.78, 5) is 14.0. The van der Waals surface area contributed by atoms with E-state index in [0.717, 1.165) is 0 Å². The number of hydrogen-bond acceptors (Lipinski definition) is 5. The van der Waals surface area contributed by atoms with Gasteiger partial charge in [0, 0.05) is 25.4 Å². The Labute approximate surface area is 138 Å². The van der Waals surface area contributed by atoms with Gasteiger partial charge in [-0.1, -0.05) is 0 Å². The molecule has 1 aliphatic heterocycles. The topological polar surface area (TPSA) is 84.3 Å². The molecule has 0 saturated carbocycles. The van der Waals surface area contributed by atoms with Crippen LogP contribution < -0.4 is 15.0 Å². The number of nitriles is 1. The Kier molecular flexibility index (Phi) is 4.11. The number of fused-ring (bicyclic) bond motifs is 1. The summed E-state index contributed by atoms with van der Waals surface area (Å²) in [6.07, 6.45) is 3.31. The number of ether oxygens (including phenoxy) is 3. The molecule has 1 atom stereocenters. The molecule has 6 nitrogen and oxygen atoms in total. The lowest BCUT2D eigenvalue weighted by atomic mass is 9.98. The normalized spacial score (nSPS) is 18.8. The molecule has 1 aromatic heterocycles. The van der Waals surface area contributed by atoms with Gasteiger partial charge in [0.05, 0.1) is 23.8 Å². The quantitative estimate of drug-likeness (QED) is 0.934. The fourth-order valence-corrected chi connectivity index (χ4v) is 2.57. The van der Waals surface area contributed by atoms with E-state index in [-0.39, 0.29) is 5.56 Å². The van der Waals surface area contributed by atoms with Gasteiger partial charge in [0.2, 0.25) is 0 Å². The maximum atomic E-state index is 11.5. The van der Waals surface area contributed by atoms with E-state index in [9.17, 15) is 4.79 Å². The summed E-state index contributed by atoms with van der Waals surface area (Å²) in [5.41, 5.74) is 0.175. The van der Waals surface area contributed by atoms with Crippen molar-refractivity contribution in [2.24, 2.45) is 0 Å². The van der Waals surface area contributed by atoms with Gasteiger partial charge in [0.25, 0.3) is 5.56 Å². The third-order valence-corrected chi connectivity index (χ3v) is 3.56. The highest BCUT2D eigenvalue weighted by molar-refractivity contribution is 5.71. The van der Waals surface area contributed by atoms with Crippen molar-refractivity contribution in [1.82, 2.24) is 4.98 Å². The largest absolute Gasteiger partial charge is 0.480 e. The maximum absolute atomic E-state index is 11.5. The van der Waals surface area contributed by atoms with Crippen LogP contribution in [0.3, 0.4) is 0 Å². The molecule has 3 rings (SSSR count). The van der Waals surface area contributed by atoms with Gasteiger partial charge in [-0.25, -0.2) is 0 Å². The molecular weight excluding hydrogens is 308 g/mol. The lowest BCUT2D eigenvalue weighted by molar-refractivity contribution is 0.0359. The fraction of sp³-hybridized carbons (Fsp3) is 0.222. The summed E-state index contributed by atoms with van der Waals surface area (Å²) in [6.45, 7) is 2.20. The maximum Gasteiger partial charge on any atom is 0.251 e. The first-order valence-electron chi connectivity index (χ1n) is 7.35. The van der Waals surface area contributed by atoms with Crippen molar-refractivity contribution in [3.8, 4) is 17.6 Å². The highest BCUT2D eigenvalue weighted by Crippen LogP contribution is 2.37. The molecule has 0 fully saturated rings. The number of H-pyrrole nitrogens is 1. The SMILES string of the molecule is COCC1(C)C=C(Oc2cc[nH]c(=O)c2)c2cc(C#N)ccc2O1. The van der Waals surface area contributed by atoms with Gasteiger partial charge in [-0.05, 0) is 31.2 Å². The molecule has 0 aliphatic carbocycles. The molecule has 1 aliphatic rings. The molecule has 1 aromatic carbocycles. The molecule has 0 saturated heterocycles. The molecule has 1 N–H and O–H groups in total. The van der Waals surface area contributed by atoms with Crippen molar-refractivity contribution in [2.75, 3.05) is 13.7 Å². The Morgan fingerprint density at radius 1 is 1.33 bits per heavy atom. The third kappa shape index (κ3) is 3.16. The summed E-state index contributed by atoms with van der Waals surface area (Å²) in [5, 5.41) is 9.12. The lowest BCUT2D eigenvalue weighted by Crippen LogP contribution is -2.38. The molecular formula is C18H16N2O4. The van der Waals surface area contributed by atoms with Crippen LogP contribution in [-0.4, -0.2) is 24.3 Å². The molecule has 6 heteroatoms. The second kappa shape index (κ2) is 6.22. The zero-order chi connectivity index (χ0) is 17.2. The minimum absolute atomic E-state index is 0.259. The van der Waals surface area contributed by atoms with E-state index in [0.29, 0.717) is 35.0 Å². The van der Waals surface area contributed by atoms with E-state index in [1.165, 1.54) is 12.3 Å². The fourth-order valence-electron chi connectivity index (χ4n) is 2.57.